The number of fused-ring (bicyclic) bond motifs is 4. The fourth-order valence-corrected chi connectivity index (χ4v) is 4.14. The molecule has 1 aromatic carbocycles. The molecule has 2 unspecified atom stereocenters. The molecule has 1 N–H and O–H groups in total. The highest BCUT2D eigenvalue weighted by Crippen LogP contribution is 2.46. The van der Waals surface area contributed by atoms with E-state index in [0.29, 0.717) is 6.54 Å². The molecule has 1 aromatic rings. The van der Waals surface area contributed by atoms with Crippen LogP contribution in [0.25, 0.3) is 0 Å². The van der Waals surface area contributed by atoms with Crippen LogP contribution in [-0.4, -0.2) is 22.3 Å². The van der Waals surface area contributed by atoms with E-state index in [1.807, 2.05) is 6.92 Å². The van der Waals surface area contributed by atoms with E-state index >= 15 is 0 Å². The van der Waals surface area contributed by atoms with Crippen molar-refractivity contribution in [2.45, 2.75) is 39.0 Å². The zero-order chi connectivity index (χ0) is 15.4. The van der Waals surface area contributed by atoms with Gasteiger partial charge in [0.15, 0.2) is 10.8 Å². The molecule has 2 bridgehead atoms. The van der Waals surface area contributed by atoms with Gasteiger partial charge in [-0.15, -0.1) is 0 Å². The summed E-state index contributed by atoms with van der Waals surface area (Å²) in [5.74, 6) is 0.971. The average molecular weight is 367 g/mol. The maximum absolute atomic E-state index is 6.40. The van der Waals surface area contributed by atoms with Gasteiger partial charge in [-0.25, -0.2) is 0 Å². The number of nitrogens with one attached hydrogen (secondary N) is 1. The van der Waals surface area contributed by atoms with Gasteiger partial charge in [-0.3, -0.25) is 0 Å². The van der Waals surface area contributed by atoms with Crippen LogP contribution < -0.4 is 10.1 Å². The summed E-state index contributed by atoms with van der Waals surface area (Å²) in [7, 11) is 0. The Balaban J connectivity index is 2.07. The molecule has 0 aromatic heterocycles. The Kier molecular flexibility index (Phi) is 3.53. The van der Waals surface area contributed by atoms with Gasteiger partial charge in [-0.05, 0) is 50.7 Å². The zero-order valence-electron chi connectivity index (χ0n) is 12.5. The largest absolute Gasteiger partial charge is 0.467 e. The first-order valence-electron chi connectivity index (χ1n) is 7.02. The molecule has 112 valence electrons. The Morgan fingerprint density at radius 3 is 3.00 bits per heavy atom. The molecule has 3 rings (SSSR count). The van der Waals surface area contributed by atoms with E-state index < -0.39 is 5.72 Å². The number of nitrogens with zero attached hydrogens (tertiary/aromatic N) is 1. The molecule has 0 radical (unpaired) electrons. The molecule has 0 saturated carbocycles. The lowest BCUT2D eigenvalue weighted by molar-refractivity contribution is -0.0646. The highest BCUT2D eigenvalue weighted by atomic mass is 79.9. The van der Waals surface area contributed by atoms with Crippen LogP contribution in [0.4, 0.5) is 0 Å². The highest BCUT2D eigenvalue weighted by Gasteiger charge is 2.47. The third-order valence-electron chi connectivity index (χ3n) is 4.09. The van der Waals surface area contributed by atoms with Crippen molar-refractivity contribution in [3.05, 3.63) is 39.9 Å². The van der Waals surface area contributed by atoms with E-state index in [1.54, 1.807) is 0 Å². The predicted octanol–water partition coefficient (Wildman–Crippen LogP) is 4.06. The Bertz CT molecular complexity index is 645. The second-order valence-corrected chi connectivity index (χ2v) is 7.47. The minimum absolute atomic E-state index is 0.198. The Morgan fingerprint density at radius 2 is 2.33 bits per heavy atom. The average Bonchev–Trinajstić information content (AvgIpc) is 2.36. The third kappa shape index (κ3) is 2.46. The van der Waals surface area contributed by atoms with Gasteiger partial charge < -0.3 is 15.0 Å². The number of halogens is 1. The lowest BCUT2D eigenvalue weighted by atomic mass is 9.89. The first kappa shape index (κ1) is 14.9. The van der Waals surface area contributed by atoms with Gasteiger partial charge in [0.05, 0.1) is 6.04 Å². The number of ether oxygens (including phenoxy) is 1. The van der Waals surface area contributed by atoms with E-state index in [4.69, 9.17) is 17.0 Å². The first-order chi connectivity index (χ1) is 9.80. The second-order valence-electron chi connectivity index (χ2n) is 6.17. The van der Waals surface area contributed by atoms with Crippen molar-refractivity contribution in [3.63, 3.8) is 0 Å². The van der Waals surface area contributed by atoms with Gasteiger partial charge >= 0.3 is 0 Å². The van der Waals surface area contributed by atoms with Crippen molar-refractivity contribution in [3.8, 4) is 5.75 Å². The molecule has 2 aliphatic rings. The minimum Gasteiger partial charge on any atom is -0.467 e. The normalized spacial score (nSPS) is 26.8. The summed E-state index contributed by atoms with van der Waals surface area (Å²) in [4.78, 5) is 2.10. The molecule has 2 aliphatic heterocycles. The third-order valence-corrected chi connectivity index (χ3v) is 4.89. The molecule has 1 fully saturated rings. The highest BCUT2D eigenvalue weighted by molar-refractivity contribution is 9.10. The van der Waals surface area contributed by atoms with E-state index in [9.17, 15) is 0 Å². The molecule has 3 nitrogen and oxygen atoms in total. The van der Waals surface area contributed by atoms with Crippen molar-refractivity contribution in [2.75, 3.05) is 6.54 Å². The Labute approximate surface area is 139 Å². The summed E-state index contributed by atoms with van der Waals surface area (Å²) in [6, 6.07) is 4.41. The topological polar surface area (TPSA) is 24.5 Å². The maximum atomic E-state index is 6.40. The van der Waals surface area contributed by atoms with E-state index in [1.165, 1.54) is 5.56 Å². The summed E-state index contributed by atoms with van der Waals surface area (Å²) >= 11 is 9.11. The second kappa shape index (κ2) is 4.99. The van der Waals surface area contributed by atoms with Crippen LogP contribution in [0.2, 0.25) is 0 Å². The molecule has 0 aliphatic carbocycles. The van der Waals surface area contributed by atoms with Crippen molar-refractivity contribution in [1.29, 1.82) is 0 Å². The number of hydrogen-bond acceptors (Lipinski definition) is 2. The fraction of sp³-hybridized carbons (Fsp3) is 0.438. The van der Waals surface area contributed by atoms with Crippen molar-refractivity contribution >= 4 is 33.3 Å². The SMILES string of the molecule is C=C(C)CN1C(=S)NC2CC1(C)Oc1c(C)cc(Br)cc12. The number of hydrogen-bond donors (Lipinski definition) is 1. The minimum atomic E-state index is -0.419. The standard InChI is InChI=1S/C16H19BrN2OS/c1-9(2)8-19-15(21)18-13-7-16(19,4)20-14-10(3)5-11(17)6-12(13)14/h5-6,13H,1,7-8H2,2-4H3,(H,18,21). The first-order valence-corrected chi connectivity index (χ1v) is 8.22. The Hall–Kier alpha value is -1.07. The molecule has 1 saturated heterocycles. The molecule has 2 atom stereocenters. The van der Waals surface area contributed by atoms with Gasteiger partial charge in [0.2, 0.25) is 0 Å². The van der Waals surface area contributed by atoms with Crippen molar-refractivity contribution in [2.24, 2.45) is 0 Å². The van der Waals surface area contributed by atoms with Crippen LogP contribution in [0.1, 0.15) is 37.4 Å². The maximum Gasteiger partial charge on any atom is 0.184 e. The lowest BCUT2D eigenvalue weighted by Crippen LogP contribution is -2.64. The summed E-state index contributed by atoms with van der Waals surface area (Å²) in [5.41, 5.74) is 2.97. The Morgan fingerprint density at radius 1 is 1.62 bits per heavy atom. The molecule has 0 spiro atoms. The van der Waals surface area contributed by atoms with E-state index in [0.717, 1.165) is 32.9 Å². The van der Waals surface area contributed by atoms with Crippen LogP contribution >= 0.6 is 28.1 Å². The van der Waals surface area contributed by atoms with Crippen molar-refractivity contribution < 1.29 is 4.74 Å². The van der Waals surface area contributed by atoms with E-state index in [2.05, 4.69) is 58.7 Å². The van der Waals surface area contributed by atoms with Gasteiger partial charge in [0.25, 0.3) is 0 Å². The van der Waals surface area contributed by atoms with Crippen LogP contribution in [0, 0.1) is 6.92 Å². The molecule has 5 heteroatoms. The summed E-state index contributed by atoms with van der Waals surface area (Å²) < 4.78 is 7.47. The summed E-state index contributed by atoms with van der Waals surface area (Å²) in [5, 5.41) is 4.19. The summed E-state index contributed by atoms with van der Waals surface area (Å²) in [6.07, 6.45) is 0.864. The van der Waals surface area contributed by atoms with Gasteiger partial charge in [-0.1, -0.05) is 28.1 Å². The quantitative estimate of drug-likeness (QED) is 0.629. The number of aryl methyl sites for hydroxylation is 1. The molecule has 0 amide bonds. The molecule has 21 heavy (non-hydrogen) atoms. The van der Waals surface area contributed by atoms with Crippen LogP contribution in [0.5, 0.6) is 5.75 Å². The lowest BCUT2D eigenvalue weighted by Gasteiger charge is -2.52. The van der Waals surface area contributed by atoms with Gasteiger partial charge in [0.1, 0.15) is 5.75 Å². The smallest absolute Gasteiger partial charge is 0.184 e. The molecule has 2 heterocycles. The number of thiocarbonyl (C=S) groups is 1. The van der Waals surface area contributed by atoms with Gasteiger partial charge in [0, 0.05) is 23.0 Å². The van der Waals surface area contributed by atoms with Crippen LogP contribution in [0.3, 0.4) is 0 Å². The van der Waals surface area contributed by atoms with E-state index in [-0.39, 0.29) is 6.04 Å². The van der Waals surface area contributed by atoms with Gasteiger partial charge in [-0.2, -0.15) is 0 Å². The summed E-state index contributed by atoms with van der Waals surface area (Å²) in [6.45, 7) is 10.9. The predicted molar refractivity (Wildman–Crippen MR) is 92.5 cm³/mol. The fourth-order valence-electron chi connectivity index (χ4n) is 3.15. The molecular weight excluding hydrogens is 348 g/mol. The molecular formula is C16H19BrN2OS. The van der Waals surface area contributed by atoms with Crippen molar-refractivity contribution in [1.82, 2.24) is 10.2 Å². The van der Waals surface area contributed by atoms with Crippen LogP contribution in [-0.2, 0) is 0 Å². The zero-order valence-corrected chi connectivity index (χ0v) is 14.9. The number of benzene rings is 1. The number of rotatable bonds is 2. The monoisotopic (exact) mass is 366 g/mol. The van der Waals surface area contributed by atoms with Crippen LogP contribution in [0.15, 0.2) is 28.8 Å².